The number of nitrogens with zero attached hydrogens (tertiary/aromatic N) is 3. The van der Waals surface area contributed by atoms with E-state index in [2.05, 4.69) is 32.4 Å². The number of aromatic nitrogens is 2. The van der Waals surface area contributed by atoms with Crippen LogP contribution in [0.1, 0.15) is 19.8 Å². The average Bonchev–Trinajstić information content (AvgIpc) is 3.12. The highest BCUT2D eigenvalue weighted by Crippen LogP contribution is 2.39. The van der Waals surface area contributed by atoms with E-state index >= 15 is 0 Å². The molecule has 0 amide bonds. The number of rotatable bonds is 4. The zero-order chi connectivity index (χ0) is 18.8. The monoisotopic (exact) mass is 401 g/mol. The SMILES string of the molecule is CCOC(=O)C1CCN(c2nc(Cl)nc3scc(-c4ccccc4)c23)CC1. The Balaban J connectivity index is 1.68. The number of piperidine rings is 1. The van der Waals surface area contributed by atoms with Crippen molar-refractivity contribution in [3.8, 4) is 11.1 Å². The quantitative estimate of drug-likeness (QED) is 0.464. The largest absolute Gasteiger partial charge is 0.466 e. The topological polar surface area (TPSA) is 55.3 Å². The van der Waals surface area contributed by atoms with Crippen LogP contribution in [-0.2, 0) is 9.53 Å². The number of hydrogen-bond donors (Lipinski definition) is 0. The summed E-state index contributed by atoms with van der Waals surface area (Å²) in [4.78, 5) is 24.1. The van der Waals surface area contributed by atoms with Gasteiger partial charge >= 0.3 is 5.97 Å². The van der Waals surface area contributed by atoms with Crippen LogP contribution in [0.2, 0.25) is 5.28 Å². The maximum Gasteiger partial charge on any atom is 0.309 e. The molecule has 140 valence electrons. The van der Waals surface area contributed by atoms with Crippen molar-refractivity contribution in [2.24, 2.45) is 5.92 Å². The molecule has 0 unspecified atom stereocenters. The number of carbonyl (C=O) groups excluding carboxylic acids is 1. The van der Waals surface area contributed by atoms with Crippen molar-refractivity contribution in [3.05, 3.63) is 41.0 Å². The van der Waals surface area contributed by atoms with Gasteiger partial charge in [-0.05, 0) is 36.9 Å². The van der Waals surface area contributed by atoms with Crippen molar-refractivity contribution in [1.82, 2.24) is 9.97 Å². The van der Waals surface area contributed by atoms with Crippen molar-refractivity contribution in [3.63, 3.8) is 0 Å². The summed E-state index contributed by atoms with van der Waals surface area (Å²) in [6, 6.07) is 10.2. The van der Waals surface area contributed by atoms with Crippen LogP contribution >= 0.6 is 22.9 Å². The van der Waals surface area contributed by atoms with Crippen LogP contribution in [0.3, 0.4) is 0 Å². The lowest BCUT2D eigenvalue weighted by Crippen LogP contribution is -2.37. The molecule has 2 aromatic heterocycles. The maximum atomic E-state index is 12.0. The minimum atomic E-state index is -0.0940. The van der Waals surface area contributed by atoms with Crippen LogP contribution in [0.5, 0.6) is 0 Å². The maximum absolute atomic E-state index is 12.0. The first kappa shape index (κ1) is 18.2. The van der Waals surface area contributed by atoms with Crippen LogP contribution in [0.4, 0.5) is 5.82 Å². The number of fused-ring (bicyclic) bond motifs is 1. The second-order valence-electron chi connectivity index (χ2n) is 6.53. The van der Waals surface area contributed by atoms with Gasteiger partial charge in [0.2, 0.25) is 5.28 Å². The van der Waals surface area contributed by atoms with Crippen molar-refractivity contribution < 1.29 is 9.53 Å². The Morgan fingerprint density at radius 3 is 2.70 bits per heavy atom. The lowest BCUT2D eigenvalue weighted by molar-refractivity contribution is -0.148. The molecular formula is C20H20ClN3O2S. The molecule has 0 spiro atoms. The fourth-order valence-corrected chi connectivity index (χ4v) is 4.70. The Labute approximate surface area is 167 Å². The predicted octanol–water partition coefficient (Wildman–Crippen LogP) is 4.79. The smallest absolute Gasteiger partial charge is 0.309 e. The molecule has 0 aliphatic carbocycles. The fourth-order valence-electron chi connectivity index (χ4n) is 3.54. The Hall–Kier alpha value is -2.18. The minimum Gasteiger partial charge on any atom is -0.466 e. The molecule has 0 bridgehead atoms. The van der Waals surface area contributed by atoms with Gasteiger partial charge in [-0.25, -0.2) is 4.98 Å². The molecule has 1 saturated heterocycles. The van der Waals surface area contributed by atoms with Crippen LogP contribution < -0.4 is 4.90 Å². The summed E-state index contributed by atoms with van der Waals surface area (Å²) in [6.07, 6.45) is 1.51. The highest BCUT2D eigenvalue weighted by molar-refractivity contribution is 7.17. The number of benzene rings is 1. The van der Waals surface area contributed by atoms with Crippen molar-refractivity contribution in [2.75, 3.05) is 24.6 Å². The van der Waals surface area contributed by atoms with E-state index in [0.717, 1.165) is 53.1 Å². The first-order valence-electron chi connectivity index (χ1n) is 9.09. The van der Waals surface area contributed by atoms with Gasteiger partial charge in [-0.3, -0.25) is 4.79 Å². The Bertz CT molecular complexity index is 953. The second kappa shape index (κ2) is 7.82. The van der Waals surface area contributed by atoms with E-state index in [1.165, 1.54) is 0 Å². The van der Waals surface area contributed by atoms with Crippen molar-refractivity contribution >= 4 is 44.9 Å². The Morgan fingerprint density at radius 2 is 2.00 bits per heavy atom. The van der Waals surface area contributed by atoms with E-state index in [1.54, 1.807) is 11.3 Å². The molecule has 0 radical (unpaired) electrons. The number of ether oxygens (including phenoxy) is 1. The van der Waals surface area contributed by atoms with Gasteiger partial charge in [0, 0.05) is 24.0 Å². The van der Waals surface area contributed by atoms with Gasteiger partial charge < -0.3 is 9.64 Å². The van der Waals surface area contributed by atoms with Crippen molar-refractivity contribution in [2.45, 2.75) is 19.8 Å². The van der Waals surface area contributed by atoms with Gasteiger partial charge in [-0.1, -0.05) is 30.3 Å². The molecule has 4 rings (SSSR count). The van der Waals surface area contributed by atoms with Crippen LogP contribution in [0.25, 0.3) is 21.3 Å². The molecule has 1 aliphatic rings. The van der Waals surface area contributed by atoms with E-state index in [-0.39, 0.29) is 17.2 Å². The molecule has 27 heavy (non-hydrogen) atoms. The molecule has 0 N–H and O–H groups in total. The average molecular weight is 402 g/mol. The van der Waals surface area contributed by atoms with Crippen LogP contribution in [0.15, 0.2) is 35.7 Å². The number of anilines is 1. The third kappa shape index (κ3) is 3.64. The molecule has 1 fully saturated rings. The number of halogens is 1. The first-order chi connectivity index (χ1) is 13.2. The highest BCUT2D eigenvalue weighted by atomic mass is 35.5. The zero-order valence-electron chi connectivity index (χ0n) is 15.0. The minimum absolute atomic E-state index is 0.0370. The van der Waals surface area contributed by atoms with E-state index in [1.807, 2.05) is 25.1 Å². The van der Waals surface area contributed by atoms with Gasteiger partial charge in [0.05, 0.1) is 17.9 Å². The lowest BCUT2D eigenvalue weighted by atomic mass is 9.96. The summed E-state index contributed by atoms with van der Waals surface area (Å²) in [5.41, 5.74) is 2.26. The molecule has 1 aliphatic heterocycles. The Morgan fingerprint density at radius 1 is 1.26 bits per heavy atom. The fraction of sp³-hybridized carbons (Fsp3) is 0.350. The summed E-state index contributed by atoms with van der Waals surface area (Å²) in [7, 11) is 0. The van der Waals surface area contributed by atoms with E-state index < -0.39 is 0 Å². The third-order valence-corrected chi connectivity index (χ3v) is 5.93. The highest BCUT2D eigenvalue weighted by Gasteiger charge is 2.28. The normalized spacial score (nSPS) is 15.3. The van der Waals surface area contributed by atoms with Gasteiger partial charge in [0.25, 0.3) is 0 Å². The first-order valence-corrected chi connectivity index (χ1v) is 10.3. The van der Waals surface area contributed by atoms with Crippen LogP contribution in [0, 0.1) is 5.92 Å². The number of esters is 1. The predicted molar refractivity (Wildman–Crippen MR) is 109 cm³/mol. The summed E-state index contributed by atoms with van der Waals surface area (Å²) >= 11 is 7.78. The molecule has 3 heterocycles. The second-order valence-corrected chi connectivity index (χ2v) is 7.72. The molecular weight excluding hydrogens is 382 g/mol. The van der Waals surface area contributed by atoms with E-state index in [4.69, 9.17) is 16.3 Å². The number of hydrogen-bond acceptors (Lipinski definition) is 6. The molecule has 1 aromatic carbocycles. The lowest BCUT2D eigenvalue weighted by Gasteiger charge is -2.32. The molecule has 7 heteroatoms. The van der Waals surface area contributed by atoms with Gasteiger partial charge in [0.15, 0.2) is 0 Å². The summed E-state index contributed by atoms with van der Waals surface area (Å²) in [6.45, 7) is 3.76. The van der Waals surface area contributed by atoms with Gasteiger partial charge in [0.1, 0.15) is 10.6 Å². The summed E-state index contributed by atoms with van der Waals surface area (Å²) in [5.74, 6) is 0.723. The third-order valence-electron chi connectivity index (χ3n) is 4.89. The summed E-state index contributed by atoms with van der Waals surface area (Å²) < 4.78 is 5.17. The molecule has 3 aromatic rings. The zero-order valence-corrected chi connectivity index (χ0v) is 16.6. The van der Waals surface area contributed by atoms with Gasteiger partial charge in [-0.15, -0.1) is 11.3 Å². The van der Waals surface area contributed by atoms with E-state index in [9.17, 15) is 4.79 Å². The van der Waals surface area contributed by atoms with E-state index in [0.29, 0.717) is 6.61 Å². The molecule has 5 nitrogen and oxygen atoms in total. The van der Waals surface area contributed by atoms with Crippen molar-refractivity contribution in [1.29, 1.82) is 0 Å². The Kier molecular flexibility index (Phi) is 5.27. The number of thiophene rings is 1. The summed E-state index contributed by atoms with van der Waals surface area (Å²) in [5, 5.41) is 3.40. The van der Waals surface area contributed by atoms with Gasteiger partial charge in [-0.2, -0.15) is 4.98 Å². The molecule has 0 saturated carbocycles. The molecule has 0 atom stereocenters. The standard InChI is InChI=1S/C20H20ClN3O2S/c1-2-26-19(25)14-8-10-24(11-9-14)17-16-15(13-6-4-3-5-7-13)12-27-18(16)23-20(21)22-17/h3-7,12,14H,2,8-11H2,1H3. The number of carbonyl (C=O) groups is 1. The van der Waals surface area contributed by atoms with Crippen LogP contribution in [-0.4, -0.2) is 35.6 Å².